The van der Waals surface area contributed by atoms with Crippen molar-refractivity contribution in [1.82, 2.24) is 5.32 Å². The van der Waals surface area contributed by atoms with Crippen molar-refractivity contribution >= 4 is 17.4 Å². The first kappa shape index (κ1) is 11.8. The molecular weight excluding hydrogens is 214 g/mol. The fourth-order valence-corrected chi connectivity index (χ4v) is 1.91. The van der Waals surface area contributed by atoms with Crippen molar-refractivity contribution in [1.29, 1.82) is 0 Å². The summed E-state index contributed by atoms with van der Waals surface area (Å²) in [6.45, 7) is 7.09. The maximum absolute atomic E-state index is 11.9. The molecule has 0 spiro atoms. The van der Waals surface area contributed by atoms with Crippen molar-refractivity contribution in [2.24, 2.45) is 5.41 Å². The van der Waals surface area contributed by atoms with Gasteiger partial charge in [-0.3, -0.25) is 4.90 Å². The zero-order valence-corrected chi connectivity index (χ0v) is 10.5. The van der Waals surface area contributed by atoms with Crippen molar-refractivity contribution in [3.05, 3.63) is 24.3 Å². The normalized spacial score (nSPS) is 20.5. The first-order chi connectivity index (χ1) is 7.88. The van der Waals surface area contributed by atoms with E-state index in [1.165, 1.54) is 0 Å². The third-order valence-corrected chi connectivity index (χ3v) is 3.16. The van der Waals surface area contributed by atoms with E-state index >= 15 is 0 Å². The molecule has 17 heavy (non-hydrogen) atoms. The van der Waals surface area contributed by atoms with Crippen LogP contribution in [0.25, 0.3) is 0 Å². The number of nitrogens with one attached hydrogen (secondary N) is 1. The second kappa shape index (κ2) is 3.95. The van der Waals surface area contributed by atoms with Crippen LogP contribution in [0.15, 0.2) is 24.3 Å². The molecule has 1 unspecified atom stereocenters. The number of amides is 2. The first-order valence-corrected chi connectivity index (χ1v) is 5.81. The Labute approximate surface area is 102 Å². The lowest BCUT2D eigenvalue weighted by atomic mass is 9.87. The largest absolute Gasteiger partial charge is 0.399 e. The standard InChI is InChI=1S/C13H19N3O/c1-13(2,3)11-8-16(12(17)15-11)10-6-4-9(14)5-7-10/h4-7,11H,8,14H2,1-3H3,(H,15,17). The molecular formula is C13H19N3O. The van der Waals surface area contributed by atoms with Gasteiger partial charge in [0.2, 0.25) is 0 Å². The topological polar surface area (TPSA) is 58.4 Å². The number of nitrogens with two attached hydrogens (primary N) is 1. The van der Waals surface area contributed by atoms with Gasteiger partial charge in [0.1, 0.15) is 0 Å². The summed E-state index contributed by atoms with van der Waals surface area (Å²) in [5.41, 5.74) is 7.31. The summed E-state index contributed by atoms with van der Waals surface area (Å²) in [5.74, 6) is 0. The Kier molecular flexibility index (Phi) is 2.73. The van der Waals surface area contributed by atoms with Crippen LogP contribution in [0.5, 0.6) is 0 Å². The van der Waals surface area contributed by atoms with Crippen LogP contribution in [0.4, 0.5) is 16.2 Å². The lowest BCUT2D eigenvalue weighted by molar-refractivity contribution is 0.243. The molecule has 0 saturated carbocycles. The van der Waals surface area contributed by atoms with Gasteiger partial charge in [0.25, 0.3) is 0 Å². The Balaban J connectivity index is 2.19. The quantitative estimate of drug-likeness (QED) is 0.731. The molecule has 2 amide bonds. The fourth-order valence-electron chi connectivity index (χ4n) is 1.91. The summed E-state index contributed by atoms with van der Waals surface area (Å²) in [6, 6.07) is 7.52. The number of carbonyl (C=O) groups is 1. The van der Waals surface area contributed by atoms with Crippen molar-refractivity contribution in [3.8, 4) is 0 Å². The number of anilines is 2. The Hall–Kier alpha value is -1.71. The molecule has 0 aromatic heterocycles. The third kappa shape index (κ3) is 2.35. The van der Waals surface area contributed by atoms with Gasteiger partial charge in [0.15, 0.2) is 0 Å². The molecule has 1 aromatic rings. The van der Waals surface area contributed by atoms with E-state index in [1.807, 2.05) is 24.3 Å². The minimum absolute atomic E-state index is 0.0327. The van der Waals surface area contributed by atoms with Crippen molar-refractivity contribution < 1.29 is 4.79 Å². The highest BCUT2D eigenvalue weighted by molar-refractivity contribution is 5.94. The zero-order chi connectivity index (χ0) is 12.6. The molecule has 1 aliphatic heterocycles. The second-order valence-electron chi connectivity index (χ2n) is 5.57. The van der Waals surface area contributed by atoms with Crippen LogP contribution in [0, 0.1) is 5.41 Å². The number of nitrogen functional groups attached to an aromatic ring is 1. The van der Waals surface area contributed by atoms with E-state index in [-0.39, 0.29) is 17.5 Å². The molecule has 0 bridgehead atoms. The Morgan fingerprint density at radius 1 is 1.29 bits per heavy atom. The molecule has 1 aliphatic rings. The molecule has 92 valence electrons. The highest BCUT2D eigenvalue weighted by Gasteiger charge is 2.36. The number of hydrogen-bond donors (Lipinski definition) is 2. The molecule has 1 aromatic carbocycles. The summed E-state index contributed by atoms with van der Waals surface area (Å²) in [4.78, 5) is 13.7. The average molecular weight is 233 g/mol. The third-order valence-electron chi connectivity index (χ3n) is 3.16. The molecule has 1 saturated heterocycles. The van der Waals surface area contributed by atoms with E-state index in [9.17, 15) is 4.79 Å². The lowest BCUT2D eigenvalue weighted by Crippen LogP contribution is -2.38. The highest BCUT2D eigenvalue weighted by atomic mass is 16.2. The number of carbonyl (C=O) groups excluding carboxylic acids is 1. The SMILES string of the molecule is CC(C)(C)C1CN(c2ccc(N)cc2)C(=O)N1. The minimum Gasteiger partial charge on any atom is -0.399 e. The van der Waals surface area contributed by atoms with Crippen molar-refractivity contribution in [3.63, 3.8) is 0 Å². The van der Waals surface area contributed by atoms with E-state index in [0.717, 1.165) is 5.69 Å². The monoisotopic (exact) mass is 233 g/mol. The minimum atomic E-state index is -0.0327. The van der Waals surface area contributed by atoms with Gasteiger partial charge in [-0.25, -0.2) is 4.79 Å². The number of rotatable bonds is 1. The van der Waals surface area contributed by atoms with Crippen LogP contribution in [0.3, 0.4) is 0 Å². The van der Waals surface area contributed by atoms with Crippen LogP contribution in [-0.4, -0.2) is 18.6 Å². The maximum atomic E-state index is 11.9. The number of urea groups is 1. The molecule has 4 nitrogen and oxygen atoms in total. The van der Waals surface area contributed by atoms with Gasteiger partial charge in [-0.05, 0) is 29.7 Å². The fraction of sp³-hybridized carbons (Fsp3) is 0.462. The lowest BCUT2D eigenvalue weighted by Gasteiger charge is -2.26. The molecule has 0 radical (unpaired) electrons. The van der Waals surface area contributed by atoms with Gasteiger partial charge >= 0.3 is 6.03 Å². The number of nitrogens with zero attached hydrogens (tertiary/aromatic N) is 1. The van der Waals surface area contributed by atoms with Crippen molar-refractivity contribution in [2.45, 2.75) is 26.8 Å². The van der Waals surface area contributed by atoms with E-state index in [1.54, 1.807) is 4.90 Å². The second-order valence-corrected chi connectivity index (χ2v) is 5.57. The molecule has 1 fully saturated rings. The predicted molar refractivity (Wildman–Crippen MR) is 70.0 cm³/mol. The molecule has 0 aliphatic carbocycles. The van der Waals surface area contributed by atoms with Gasteiger partial charge in [-0.15, -0.1) is 0 Å². The van der Waals surface area contributed by atoms with Crippen LogP contribution in [0.1, 0.15) is 20.8 Å². The van der Waals surface area contributed by atoms with E-state index in [0.29, 0.717) is 12.2 Å². The Bertz CT molecular complexity index is 419. The van der Waals surface area contributed by atoms with Gasteiger partial charge in [-0.1, -0.05) is 20.8 Å². The van der Waals surface area contributed by atoms with Gasteiger partial charge in [-0.2, -0.15) is 0 Å². The summed E-state index contributed by atoms with van der Waals surface area (Å²) < 4.78 is 0. The molecule has 4 heteroatoms. The summed E-state index contributed by atoms with van der Waals surface area (Å²) in [7, 11) is 0. The van der Waals surface area contributed by atoms with E-state index in [4.69, 9.17) is 5.73 Å². The summed E-state index contributed by atoms with van der Waals surface area (Å²) in [5, 5.41) is 3.01. The van der Waals surface area contributed by atoms with Crippen LogP contribution >= 0.6 is 0 Å². The smallest absolute Gasteiger partial charge is 0.322 e. The highest BCUT2D eigenvalue weighted by Crippen LogP contribution is 2.27. The molecule has 3 N–H and O–H groups in total. The maximum Gasteiger partial charge on any atom is 0.322 e. The summed E-state index contributed by atoms with van der Waals surface area (Å²) in [6.07, 6.45) is 0. The Morgan fingerprint density at radius 3 is 2.35 bits per heavy atom. The first-order valence-electron chi connectivity index (χ1n) is 5.81. The van der Waals surface area contributed by atoms with E-state index < -0.39 is 0 Å². The van der Waals surface area contributed by atoms with Crippen molar-refractivity contribution in [2.75, 3.05) is 17.2 Å². The predicted octanol–water partition coefficient (Wildman–Crippen LogP) is 2.21. The molecule has 2 rings (SSSR count). The van der Waals surface area contributed by atoms with Gasteiger partial charge < -0.3 is 11.1 Å². The van der Waals surface area contributed by atoms with Crippen LogP contribution < -0.4 is 16.0 Å². The van der Waals surface area contributed by atoms with Gasteiger partial charge in [0, 0.05) is 17.9 Å². The number of hydrogen-bond acceptors (Lipinski definition) is 2. The molecule has 1 atom stereocenters. The number of benzene rings is 1. The van der Waals surface area contributed by atoms with Crippen LogP contribution in [-0.2, 0) is 0 Å². The molecule has 1 heterocycles. The van der Waals surface area contributed by atoms with Gasteiger partial charge in [0.05, 0.1) is 6.04 Å². The summed E-state index contributed by atoms with van der Waals surface area (Å²) >= 11 is 0. The Morgan fingerprint density at radius 2 is 1.88 bits per heavy atom. The van der Waals surface area contributed by atoms with Crippen LogP contribution in [0.2, 0.25) is 0 Å². The average Bonchev–Trinajstić information content (AvgIpc) is 2.61. The van der Waals surface area contributed by atoms with E-state index in [2.05, 4.69) is 26.1 Å². The zero-order valence-electron chi connectivity index (χ0n) is 10.5.